The van der Waals surface area contributed by atoms with Gasteiger partial charge in [0.15, 0.2) is 6.10 Å². The predicted molar refractivity (Wildman–Crippen MR) is 106 cm³/mol. The molecule has 3 amide bonds. The molecule has 1 aromatic carbocycles. The molecule has 1 aliphatic heterocycles. The normalized spacial score (nSPS) is 25.1. The number of aryl methyl sites for hydroxylation is 2. The molecule has 3 atom stereocenters. The molecule has 1 saturated carbocycles. The van der Waals surface area contributed by atoms with Crippen LogP contribution in [-0.4, -0.2) is 46.8 Å². The Morgan fingerprint density at radius 1 is 1.28 bits per heavy atom. The molecule has 3 rings (SSSR count). The SMILES string of the molecule is Cc1ccc(C)c(C(=O)[C@@H](C)OC(=O)CN2C(=O)N[C@]3(CCCC[C@@H]3C)C2=O)c1. The van der Waals surface area contributed by atoms with E-state index in [1.165, 1.54) is 6.92 Å². The number of nitrogens with one attached hydrogen (secondary N) is 1. The minimum Gasteiger partial charge on any atom is -0.453 e. The van der Waals surface area contributed by atoms with E-state index in [0.29, 0.717) is 12.0 Å². The Morgan fingerprint density at radius 2 is 2.00 bits per heavy atom. The summed E-state index contributed by atoms with van der Waals surface area (Å²) in [6.45, 7) is 6.65. The van der Waals surface area contributed by atoms with Gasteiger partial charge in [0.05, 0.1) is 0 Å². The van der Waals surface area contributed by atoms with Gasteiger partial charge < -0.3 is 10.1 Å². The number of esters is 1. The number of nitrogens with zero attached hydrogens (tertiary/aromatic N) is 1. The Labute approximate surface area is 170 Å². The Morgan fingerprint density at radius 3 is 2.69 bits per heavy atom. The molecule has 1 N–H and O–H groups in total. The maximum atomic E-state index is 12.9. The Balaban J connectivity index is 1.66. The molecule has 0 aromatic heterocycles. The van der Waals surface area contributed by atoms with Crippen molar-refractivity contribution in [3.8, 4) is 0 Å². The molecule has 7 nitrogen and oxygen atoms in total. The van der Waals surface area contributed by atoms with E-state index in [2.05, 4.69) is 5.32 Å². The lowest BCUT2D eigenvalue weighted by atomic mass is 9.73. The van der Waals surface area contributed by atoms with Crippen molar-refractivity contribution >= 4 is 23.7 Å². The lowest BCUT2D eigenvalue weighted by Gasteiger charge is -2.36. The van der Waals surface area contributed by atoms with E-state index < -0.39 is 30.2 Å². The van der Waals surface area contributed by atoms with E-state index >= 15 is 0 Å². The van der Waals surface area contributed by atoms with Gasteiger partial charge >= 0.3 is 12.0 Å². The summed E-state index contributed by atoms with van der Waals surface area (Å²) >= 11 is 0. The average molecular weight is 400 g/mol. The Bertz CT molecular complexity index is 865. The van der Waals surface area contributed by atoms with Gasteiger partial charge in [-0.2, -0.15) is 0 Å². The van der Waals surface area contributed by atoms with E-state index in [9.17, 15) is 19.2 Å². The van der Waals surface area contributed by atoms with Crippen LogP contribution in [0, 0.1) is 19.8 Å². The molecule has 156 valence electrons. The summed E-state index contributed by atoms with van der Waals surface area (Å²) in [7, 11) is 0. The largest absolute Gasteiger partial charge is 0.453 e. The van der Waals surface area contributed by atoms with Gasteiger partial charge in [-0.25, -0.2) is 4.79 Å². The summed E-state index contributed by atoms with van der Waals surface area (Å²) in [4.78, 5) is 51.3. The molecule has 1 aliphatic carbocycles. The third kappa shape index (κ3) is 3.91. The first-order valence-corrected chi connectivity index (χ1v) is 10.1. The zero-order chi connectivity index (χ0) is 21.3. The van der Waals surface area contributed by atoms with E-state index in [4.69, 9.17) is 4.74 Å². The molecule has 1 heterocycles. The molecule has 0 unspecified atom stereocenters. The molecule has 29 heavy (non-hydrogen) atoms. The van der Waals surface area contributed by atoms with Crippen LogP contribution in [0.1, 0.15) is 61.0 Å². The average Bonchev–Trinajstić information content (AvgIpc) is 2.90. The smallest absolute Gasteiger partial charge is 0.326 e. The zero-order valence-corrected chi connectivity index (χ0v) is 17.4. The summed E-state index contributed by atoms with van der Waals surface area (Å²) in [6.07, 6.45) is 2.30. The van der Waals surface area contributed by atoms with Gasteiger partial charge in [-0.15, -0.1) is 0 Å². The van der Waals surface area contributed by atoms with Gasteiger partial charge in [-0.3, -0.25) is 19.3 Å². The highest BCUT2D eigenvalue weighted by Crippen LogP contribution is 2.38. The van der Waals surface area contributed by atoms with Crippen LogP contribution in [0.15, 0.2) is 18.2 Å². The van der Waals surface area contributed by atoms with Crippen LogP contribution in [-0.2, 0) is 14.3 Å². The van der Waals surface area contributed by atoms with Crippen molar-refractivity contribution in [2.45, 2.75) is 65.0 Å². The summed E-state index contributed by atoms with van der Waals surface area (Å²) in [6, 6.07) is 4.93. The zero-order valence-electron chi connectivity index (χ0n) is 17.4. The molecule has 2 fully saturated rings. The standard InChI is InChI=1S/C22H28N2O5/c1-13-8-9-14(2)17(11-13)19(26)16(4)29-18(25)12-24-20(27)22(23-21(24)28)10-6-5-7-15(22)3/h8-9,11,15-16H,5-7,10,12H2,1-4H3,(H,23,28)/t15-,16+,22-/m0/s1. The fourth-order valence-corrected chi connectivity index (χ4v) is 4.28. The van der Waals surface area contributed by atoms with Crippen molar-refractivity contribution in [2.24, 2.45) is 5.92 Å². The number of carbonyl (C=O) groups excluding carboxylic acids is 4. The predicted octanol–water partition coefficient (Wildman–Crippen LogP) is 2.92. The number of urea groups is 1. The number of ether oxygens (including phenoxy) is 1. The first kappa shape index (κ1) is 21.0. The molecular weight excluding hydrogens is 372 g/mol. The highest BCUT2D eigenvalue weighted by atomic mass is 16.5. The highest BCUT2D eigenvalue weighted by Gasteiger charge is 2.55. The molecule has 1 saturated heterocycles. The second-order valence-corrected chi connectivity index (χ2v) is 8.25. The highest BCUT2D eigenvalue weighted by molar-refractivity contribution is 6.09. The number of amides is 3. The van der Waals surface area contributed by atoms with Gasteiger partial charge in [0, 0.05) is 5.56 Å². The van der Waals surface area contributed by atoms with Gasteiger partial charge in [0.25, 0.3) is 5.91 Å². The van der Waals surface area contributed by atoms with Crippen LogP contribution < -0.4 is 5.32 Å². The van der Waals surface area contributed by atoms with E-state index in [-0.39, 0.29) is 17.6 Å². The molecule has 7 heteroatoms. The Kier molecular flexibility index (Phi) is 5.78. The molecule has 2 aliphatic rings. The molecule has 1 aromatic rings. The van der Waals surface area contributed by atoms with Crippen LogP contribution >= 0.6 is 0 Å². The van der Waals surface area contributed by atoms with E-state index in [1.807, 2.05) is 32.9 Å². The summed E-state index contributed by atoms with van der Waals surface area (Å²) in [5, 5.41) is 2.80. The van der Waals surface area contributed by atoms with Gasteiger partial charge in [-0.1, -0.05) is 37.5 Å². The van der Waals surface area contributed by atoms with Crippen LogP contribution in [0.5, 0.6) is 0 Å². The molecule has 1 spiro atoms. The van der Waals surface area contributed by atoms with Crippen molar-refractivity contribution in [2.75, 3.05) is 6.54 Å². The second kappa shape index (κ2) is 7.97. The maximum absolute atomic E-state index is 12.9. The van der Waals surface area contributed by atoms with Crippen molar-refractivity contribution in [3.05, 3.63) is 34.9 Å². The number of Topliss-reactive ketones (excluding diaryl/α,β-unsaturated/α-hetero) is 1. The fraction of sp³-hybridized carbons (Fsp3) is 0.545. The van der Waals surface area contributed by atoms with Crippen molar-refractivity contribution in [1.29, 1.82) is 0 Å². The van der Waals surface area contributed by atoms with Crippen LogP contribution in [0.25, 0.3) is 0 Å². The quantitative estimate of drug-likeness (QED) is 0.466. The van der Waals surface area contributed by atoms with Crippen LogP contribution in [0.3, 0.4) is 0 Å². The maximum Gasteiger partial charge on any atom is 0.326 e. The number of ketones is 1. The third-order valence-corrected chi connectivity index (χ3v) is 6.12. The summed E-state index contributed by atoms with van der Waals surface area (Å²) in [5.74, 6) is -1.45. The Hall–Kier alpha value is -2.70. The lowest BCUT2D eigenvalue weighted by Crippen LogP contribution is -2.54. The minimum atomic E-state index is -1.01. The number of imide groups is 1. The van der Waals surface area contributed by atoms with Gasteiger partial charge in [0.1, 0.15) is 12.1 Å². The number of benzene rings is 1. The van der Waals surface area contributed by atoms with Crippen molar-refractivity contribution < 1.29 is 23.9 Å². The van der Waals surface area contributed by atoms with Crippen LogP contribution in [0.2, 0.25) is 0 Å². The number of hydrogen-bond donors (Lipinski definition) is 1. The van der Waals surface area contributed by atoms with Crippen molar-refractivity contribution in [3.63, 3.8) is 0 Å². The van der Waals surface area contributed by atoms with Crippen LogP contribution in [0.4, 0.5) is 4.79 Å². The van der Waals surface area contributed by atoms with E-state index in [0.717, 1.165) is 35.3 Å². The number of hydrogen-bond acceptors (Lipinski definition) is 5. The lowest BCUT2D eigenvalue weighted by molar-refractivity contribution is -0.150. The first-order valence-electron chi connectivity index (χ1n) is 10.1. The minimum absolute atomic E-state index is 0.0125. The summed E-state index contributed by atoms with van der Waals surface area (Å²) in [5.41, 5.74) is 1.31. The van der Waals surface area contributed by atoms with Crippen molar-refractivity contribution in [1.82, 2.24) is 10.2 Å². The first-order chi connectivity index (χ1) is 13.7. The number of carbonyl (C=O) groups is 4. The molecule has 0 radical (unpaired) electrons. The number of rotatable bonds is 5. The molecule has 0 bridgehead atoms. The fourth-order valence-electron chi connectivity index (χ4n) is 4.28. The van der Waals surface area contributed by atoms with Gasteiger partial charge in [0.2, 0.25) is 5.78 Å². The third-order valence-electron chi connectivity index (χ3n) is 6.12. The molecular formula is C22H28N2O5. The van der Waals surface area contributed by atoms with E-state index in [1.54, 1.807) is 6.07 Å². The topological polar surface area (TPSA) is 92.8 Å². The second-order valence-electron chi connectivity index (χ2n) is 8.25. The summed E-state index contributed by atoms with van der Waals surface area (Å²) < 4.78 is 5.26. The monoisotopic (exact) mass is 400 g/mol. The van der Waals surface area contributed by atoms with Gasteiger partial charge in [-0.05, 0) is 51.2 Å².